The first kappa shape index (κ1) is 33.0. The molecule has 0 radical (unpaired) electrons. The smallest absolute Gasteiger partial charge is 0.475 e. The van der Waals surface area contributed by atoms with Crippen molar-refractivity contribution >= 4 is 39.9 Å². The number of nitrogens with one attached hydrogen (secondary N) is 2. The molecule has 0 atom stereocenters. The predicted molar refractivity (Wildman–Crippen MR) is 159 cm³/mol. The van der Waals surface area contributed by atoms with Crippen LogP contribution in [0.15, 0.2) is 42.5 Å². The first-order valence-electron chi connectivity index (χ1n) is 13.7. The minimum atomic E-state index is -5.08. The molecule has 15 heteroatoms. The average molecular weight is 635 g/mol. The van der Waals surface area contributed by atoms with Crippen LogP contribution in [0.3, 0.4) is 0 Å². The second kappa shape index (κ2) is 13.8. The van der Waals surface area contributed by atoms with Gasteiger partial charge in [0.05, 0.1) is 6.61 Å². The lowest BCUT2D eigenvalue weighted by molar-refractivity contribution is -0.192. The van der Waals surface area contributed by atoms with E-state index in [0.29, 0.717) is 23.0 Å². The van der Waals surface area contributed by atoms with Crippen molar-refractivity contribution in [3.05, 3.63) is 59.2 Å². The molecule has 0 spiro atoms. The van der Waals surface area contributed by atoms with Gasteiger partial charge in [0.25, 0.3) is 5.91 Å². The molecular formula is C29H33F3N6O5S. The highest BCUT2D eigenvalue weighted by molar-refractivity contribution is 7.18. The number of aryl methyl sites for hydroxylation is 1. The Hall–Kier alpha value is -3.92. The van der Waals surface area contributed by atoms with E-state index in [9.17, 15) is 22.8 Å². The van der Waals surface area contributed by atoms with Crippen molar-refractivity contribution in [2.24, 2.45) is 0 Å². The van der Waals surface area contributed by atoms with Gasteiger partial charge in [-0.2, -0.15) is 13.2 Å². The summed E-state index contributed by atoms with van der Waals surface area (Å²) in [6, 6.07) is 13.2. The standard InChI is InChI=1S/C27H32N6O3S.C2HF3O2/c1-18-6-4-5-7-21(18)24-30-31-26(37-24)29-23(34)19-8-9-20(17-36-3)22(16-19)28-25(35)27(10-11-27)33-14-12-32(2)13-15-33;3-2(4,5)1(6)7/h4-9,16H,10-15,17H2,1-3H3,(H,28,35)(H,29,31,34);(H,6,7). The Kier molecular flexibility index (Phi) is 10.3. The monoisotopic (exact) mass is 634 g/mol. The molecule has 2 heterocycles. The van der Waals surface area contributed by atoms with Gasteiger partial charge in [-0.1, -0.05) is 41.7 Å². The Morgan fingerprint density at radius 3 is 2.30 bits per heavy atom. The third kappa shape index (κ3) is 7.96. The number of amides is 2. The Labute approximate surface area is 256 Å². The maximum atomic E-state index is 13.4. The number of methoxy groups -OCH3 is 1. The molecule has 11 nitrogen and oxygen atoms in total. The Morgan fingerprint density at radius 2 is 1.70 bits per heavy atom. The number of carbonyl (C=O) groups is 3. The number of carbonyl (C=O) groups excluding carboxylic acids is 2. The second-order valence-electron chi connectivity index (χ2n) is 10.6. The molecule has 2 aromatic carbocycles. The fourth-order valence-electron chi connectivity index (χ4n) is 4.76. The largest absolute Gasteiger partial charge is 0.490 e. The molecule has 2 amide bonds. The van der Waals surface area contributed by atoms with Gasteiger partial charge in [0.1, 0.15) is 10.5 Å². The minimum absolute atomic E-state index is 0.0149. The van der Waals surface area contributed by atoms with E-state index >= 15 is 0 Å². The number of rotatable bonds is 8. The molecule has 2 fully saturated rings. The molecule has 2 aliphatic rings. The van der Waals surface area contributed by atoms with E-state index in [4.69, 9.17) is 14.6 Å². The summed E-state index contributed by atoms with van der Waals surface area (Å²) in [4.78, 5) is 40.0. The SMILES string of the molecule is COCc1ccc(C(=O)Nc2nnc(-c3ccccc3C)s2)cc1NC(=O)C1(N2CCN(C)CC2)CC1.O=C(O)C(F)(F)F. The number of piperazine rings is 1. The van der Waals surface area contributed by atoms with Crippen LogP contribution in [-0.4, -0.2) is 94.9 Å². The number of anilines is 2. The molecule has 236 valence electrons. The predicted octanol–water partition coefficient (Wildman–Crippen LogP) is 4.26. The molecule has 44 heavy (non-hydrogen) atoms. The van der Waals surface area contributed by atoms with E-state index in [1.807, 2.05) is 37.3 Å². The highest BCUT2D eigenvalue weighted by Gasteiger charge is 2.54. The number of nitrogens with zero attached hydrogens (tertiary/aromatic N) is 4. The number of benzene rings is 2. The molecule has 1 saturated carbocycles. The Morgan fingerprint density at radius 1 is 1.05 bits per heavy atom. The molecule has 0 bridgehead atoms. The van der Waals surface area contributed by atoms with E-state index in [1.165, 1.54) is 11.3 Å². The molecule has 1 aromatic heterocycles. The number of halogens is 3. The number of likely N-dealkylation sites (N-methyl/N-ethyl adjacent to an activating group) is 1. The van der Waals surface area contributed by atoms with Gasteiger partial charge in [-0.05, 0) is 44.5 Å². The van der Waals surface area contributed by atoms with E-state index in [1.54, 1.807) is 19.2 Å². The van der Waals surface area contributed by atoms with Gasteiger partial charge in [-0.3, -0.25) is 19.8 Å². The first-order chi connectivity index (χ1) is 20.8. The minimum Gasteiger partial charge on any atom is -0.475 e. The number of aliphatic carboxylic acids is 1. The Balaban J connectivity index is 0.000000566. The lowest BCUT2D eigenvalue weighted by Gasteiger charge is -2.37. The van der Waals surface area contributed by atoms with Gasteiger partial charge in [0.15, 0.2) is 0 Å². The average Bonchev–Trinajstić information content (AvgIpc) is 3.67. The molecule has 0 unspecified atom stereocenters. The van der Waals surface area contributed by atoms with Crippen molar-refractivity contribution in [3.63, 3.8) is 0 Å². The molecule has 5 rings (SSSR count). The fourth-order valence-corrected chi connectivity index (χ4v) is 5.59. The first-order valence-corrected chi connectivity index (χ1v) is 14.5. The van der Waals surface area contributed by atoms with Crippen molar-refractivity contribution in [2.45, 2.75) is 38.1 Å². The third-order valence-corrected chi connectivity index (χ3v) is 8.31. The maximum Gasteiger partial charge on any atom is 0.490 e. The van der Waals surface area contributed by atoms with Crippen molar-refractivity contribution in [1.82, 2.24) is 20.0 Å². The molecule has 3 N–H and O–H groups in total. The quantitative estimate of drug-likeness (QED) is 0.332. The van der Waals surface area contributed by atoms with Gasteiger partial charge in [-0.15, -0.1) is 10.2 Å². The summed E-state index contributed by atoms with van der Waals surface area (Å²) < 4.78 is 37.1. The zero-order chi connectivity index (χ0) is 32.1. The molecule has 1 aliphatic carbocycles. The van der Waals surface area contributed by atoms with E-state index in [-0.39, 0.29) is 11.8 Å². The van der Waals surface area contributed by atoms with Crippen LogP contribution in [0.25, 0.3) is 10.6 Å². The van der Waals surface area contributed by atoms with Gasteiger partial charge in [0, 0.05) is 55.7 Å². The maximum absolute atomic E-state index is 13.4. The number of hydrogen-bond donors (Lipinski definition) is 3. The number of hydrogen-bond acceptors (Lipinski definition) is 9. The number of ether oxygens (including phenoxy) is 1. The van der Waals surface area contributed by atoms with Crippen LogP contribution in [0.5, 0.6) is 0 Å². The summed E-state index contributed by atoms with van der Waals surface area (Å²) in [5.41, 5.74) is 3.46. The van der Waals surface area contributed by atoms with Crippen LogP contribution in [0, 0.1) is 6.92 Å². The van der Waals surface area contributed by atoms with Crippen molar-refractivity contribution in [3.8, 4) is 10.6 Å². The van der Waals surface area contributed by atoms with Gasteiger partial charge >= 0.3 is 12.1 Å². The van der Waals surface area contributed by atoms with Crippen LogP contribution in [0.4, 0.5) is 24.0 Å². The van der Waals surface area contributed by atoms with Crippen LogP contribution in [0.2, 0.25) is 0 Å². The van der Waals surface area contributed by atoms with Gasteiger partial charge < -0.3 is 20.1 Å². The number of alkyl halides is 3. The van der Waals surface area contributed by atoms with E-state index in [2.05, 4.69) is 37.7 Å². The van der Waals surface area contributed by atoms with Crippen LogP contribution in [-0.2, 0) is 20.9 Å². The number of carboxylic acid groups (broad SMARTS) is 1. The van der Waals surface area contributed by atoms with Crippen LogP contribution < -0.4 is 10.6 Å². The van der Waals surface area contributed by atoms with Gasteiger partial charge in [-0.25, -0.2) is 4.79 Å². The zero-order valence-electron chi connectivity index (χ0n) is 24.4. The fraction of sp³-hybridized carbons (Fsp3) is 0.414. The lowest BCUT2D eigenvalue weighted by atomic mass is 10.1. The summed E-state index contributed by atoms with van der Waals surface area (Å²) in [5.74, 6) is -3.08. The summed E-state index contributed by atoms with van der Waals surface area (Å²) in [6.07, 6.45) is -3.38. The summed E-state index contributed by atoms with van der Waals surface area (Å²) in [6.45, 7) is 6.01. The van der Waals surface area contributed by atoms with E-state index < -0.39 is 17.7 Å². The number of aromatic nitrogens is 2. The lowest BCUT2D eigenvalue weighted by Crippen LogP contribution is -2.54. The molecule has 1 aliphatic heterocycles. The zero-order valence-corrected chi connectivity index (χ0v) is 25.2. The summed E-state index contributed by atoms with van der Waals surface area (Å²) in [7, 11) is 3.72. The summed E-state index contributed by atoms with van der Waals surface area (Å²) in [5, 5.41) is 22.7. The molecule has 3 aromatic rings. The second-order valence-corrected chi connectivity index (χ2v) is 11.5. The Bertz CT molecular complexity index is 1500. The van der Waals surface area contributed by atoms with Crippen molar-refractivity contribution in [1.29, 1.82) is 0 Å². The highest BCUT2D eigenvalue weighted by Crippen LogP contribution is 2.43. The van der Waals surface area contributed by atoms with E-state index in [0.717, 1.165) is 60.7 Å². The highest BCUT2D eigenvalue weighted by atomic mass is 32.1. The molecule has 1 saturated heterocycles. The number of carboxylic acids is 1. The van der Waals surface area contributed by atoms with Crippen LogP contribution >= 0.6 is 11.3 Å². The normalized spacial score (nSPS) is 16.4. The van der Waals surface area contributed by atoms with Crippen molar-refractivity contribution < 1.29 is 37.4 Å². The van der Waals surface area contributed by atoms with Crippen molar-refractivity contribution in [2.75, 3.05) is 51.0 Å². The third-order valence-electron chi connectivity index (χ3n) is 7.44. The van der Waals surface area contributed by atoms with Crippen LogP contribution in [0.1, 0.15) is 34.3 Å². The summed E-state index contributed by atoms with van der Waals surface area (Å²) >= 11 is 1.32. The van der Waals surface area contributed by atoms with Gasteiger partial charge in [0.2, 0.25) is 11.0 Å². The molecular weight excluding hydrogens is 601 g/mol. The topological polar surface area (TPSA) is 137 Å².